The van der Waals surface area contributed by atoms with Crippen molar-refractivity contribution in [3.63, 3.8) is 0 Å². The summed E-state index contributed by atoms with van der Waals surface area (Å²) >= 11 is 0. The Kier molecular flexibility index (Phi) is 4.55. The minimum absolute atomic E-state index is 0.0316. The maximum absolute atomic E-state index is 13.5. The number of rotatable bonds is 3. The summed E-state index contributed by atoms with van der Waals surface area (Å²) in [4.78, 5) is 23.9. The second kappa shape index (κ2) is 6.64. The number of halogens is 1. The number of anilines is 1. The van der Waals surface area contributed by atoms with Gasteiger partial charge in [0.2, 0.25) is 0 Å². The van der Waals surface area contributed by atoms with E-state index in [4.69, 9.17) is 0 Å². The molecule has 2 amide bonds. The second-order valence-electron chi connectivity index (χ2n) is 6.45. The van der Waals surface area contributed by atoms with Gasteiger partial charge in [0, 0.05) is 25.1 Å². The van der Waals surface area contributed by atoms with Crippen molar-refractivity contribution in [1.82, 2.24) is 5.32 Å². The number of fused-ring (bicyclic) bond motifs is 1. The van der Waals surface area contributed by atoms with Crippen LogP contribution in [0.1, 0.15) is 16.7 Å². The zero-order chi connectivity index (χ0) is 18.0. The third-order valence-electron chi connectivity index (χ3n) is 4.37. The molecule has 25 heavy (non-hydrogen) atoms. The lowest BCUT2D eigenvalue weighted by molar-refractivity contribution is -0.136. The molecule has 3 N–H and O–H groups in total. The van der Waals surface area contributed by atoms with Gasteiger partial charge in [0.15, 0.2) is 0 Å². The first kappa shape index (κ1) is 17.1. The van der Waals surface area contributed by atoms with Crippen molar-refractivity contribution >= 4 is 17.5 Å². The molecule has 1 aliphatic rings. The molecule has 2 aromatic carbocycles. The molecule has 0 saturated carbocycles. The molecule has 1 aliphatic carbocycles. The number of amides is 2. The molecule has 2 aromatic rings. The first-order chi connectivity index (χ1) is 11.9. The van der Waals surface area contributed by atoms with Gasteiger partial charge in [-0.3, -0.25) is 9.59 Å². The second-order valence-corrected chi connectivity index (χ2v) is 6.45. The van der Waals surface area contributed by atoms with Gasteiger partial charge in [0.1, 0.15) is 5.82 Å². The van der Waals surface area contributed by atoms with Gasteiger partial charge in [0.25, 0.3) is 0 Å². The van der Waals surface area contributed by atoms with Gasteiger partial charge in [-0.25, -0.2) is 4.39 Å². The molecular weight excluding hydrogens is 323 g/mol. The monoisotopic (exact) mass is 342 g/mol. The Balaban J connectivity index is 1.56. The van der Waals surface area contributed by atoms with Crippen LogP contribution in [0.2, 0.25) is 0 Å². The van der Waals surface area contributed by atoms with E-state index in [2.05, 4.69) is 10.6 Å². The lowest BCUT2D eigenvalue weighted by Crippen LogP contribution is -2.46. The number of aryl methyl sites for hydroxylation is 1. The normalized spacial score (nSPS) is 14.7. The molecule has 5 nitrogen and oxygen atoms in total. The maximum Gasteiger partial charge on any atom is 0.313 e. The average Bonchev–Trinajstić information content (AvgIpc) is 2.92. The summed E-state index contributed by atoms with van der Waals surface area (Å²) in [6.07, 6.45) is 0.850. The lowest BCUT2D eigenvalue weighted by atomic mass is 10.0. The molecule has 0 atom stereocenters. The van der Waals surface area contributed by atoms with Crippen LogP contribution in [0.5, 0.6) is 0 Å². The van der Waals surface area contributed by atoms with Crippen molar-refractivity contribution in [2.24, 2.45) is 0 Å². The molecule has 0 radical (unpaired) electrons. The number of nitrogens with one attached hydrogen (secondary N) is 2. The number of carbonyl (C=O) groups excluding carboxylic acids is 2. The maximum atomic E-state index is 13.5. The fraction of sp³-hybridized carbons (Fsp3) is 0.263. The molecule has 0 aromatic heterocycles. The Morgan fingerprint density at radius 2 is 1.76 bits per heavy atom. The Morgan fingerprint density at radius 3 is 2.36 bits per heavy atom. The molecule has 0 saturated heterocycles. The fourth-order valence-electron chi connectivity index (χ4n) is 2.98. The van der Waals surface area contributed by atoms with E-state index in [0.29, 0.717) is 18.4 Å². The van der Waals surface area contributed by atoms with Crippen LogP contribution in [-0.2, 0) is 22.4 Å². The van der Waals surface area contributed by atoms with E-state index >= 15 is 0 Å². The number of carbonyl (C=O) groups is 2. The number of benzene rings is 2. The van der Waals surface area contributed by atoms with E-state index in [1.54, 1.807) is 6.92 Å². The van der Waals surface area contributed by atoms with Gasteiger partial charge >= 0.3 is 11.8 Å². The van der Waals surface area contributed by atoms with Crippen LogP contribution in [0.15, 0.2) is 42.5 Å². The summed E-state index contributed by atoms with van der Waals surface area (Å²) in [5.74, 6) is -2.23. The molecule has 0 aliphatic heterocycles. The van der Waals surface area contributed by atoms with Crippen LogP contribution in [0, 0.1) is 12.7 Å². The molecule has 0 unspecified atom stereocenters. The van der Waals surface area contributed by atoms with Crippen LogP contribution in [0.4, 0.5) is 10.1 Å². The molecule has 130 valence electrons. The number of aliphatic hydroxyl groups is 1. The zero-order valence-corrected chi connectivity index (χ0v) is 13.8. The molecule has 0 fully saturated rings. The largest absolute Gasteiger partial charge is 0.387 e. The summed E-state index contributed by atoms with van der Waals surface area (Å²) in [6.45, 7) is 1.57. The first-order valence-corrected chi connectivity index (χ1v) is 8.01. The third kappa shape index (κ3) is 3.85. The van der Waals surface area contributed by atoms with Crippen LogP contribution in [-0.4, -0.2) is 29.1 Å². The Morgan fingerprint density at radius 1 is 1.12 bits per heavy atom. The lowest BCUT2D eigenvalue weighted by Gasteiger charge is -2.22. The van der Waals surface area contributed by atoms with Crippen molar-refractivity contribution in [2.75, 3.05) is 11.9 Å². The predicted molar refractivity (Wildman–Crippen MR) is 91.6 cm³/mol. The van der Waals surface area contributed by atoms with Gasteiger partial charge < -0.3 is 15.7 Å². The Bertz CT molecular complexity index is 810. The molecular formula is C19H19FN2O3. The summed E-state index contributed by atoms with van der Waals surface area (Å²) in [5, 5.41) is 15.4. The molecule has 3 rings (SSSR count). The third-order valence-corrected chi connectivity index (χ3v) is 4.37. The van der Waals surface area contributed by atoms with Gasteiger partial charge in [-0.15, -0.1) is 0 Å². The van der Waals surface area contributed by atoms with Crippen molar-refractivity contribution in [1.29, 1.82) is 0 Å². The highest BCUT2D eigenvalue weighted by atomic mass is 19.1. The SMILES string of the molecule is Cc1ccc(NC(=O)C(=O)NCC2(O)Cc3ccccc3C2)cc1F. The quantitative estimate of drug-likeness (QED) is 0.743. The van der Waals surface area contributed by atoms with E-state index in [-0.39, 0.29) is 12.2 Å². The Labute approximate surface area is 144 Å². The Hall–Kier alpha value is -2.73. The van der Waals surface area contributed by atoms with E-state index in [0.717, 1.165) is 17.2 Å². The van der Waals surface area contributed by atoms with Gasteiger partial charge in [0.05, 0.1) is 5.60 Å². The first-order valence-electron chi connectivity index (χ1n) is 8.01. The summed E-state index contributed by atoms with van der Waals surface area (Å²) in [5.41, 5.74) is 1.63. The van der Waals surface area contributed by atoms with E-state index in [1.807, 2.05) is 24.3 Å². The van der Waals surface area contributed by atoms with Gasteiger partial charge in [-0.2, -0.15) is 0 Å². The molecule has 0 bridgehead atoms. The van der Waals surface area contributed by atoms with E-state index < -0.39 is 23.2 Å². The number of hydrogen-bond donors (Lipinski definition) is 3. The summed E-state index contributed by atoms with van der Waals surface area (Å²) in [6, 6.07) is 11.9. The van der Waals surface area contributed by atoms with E-state index in [9.17, 15) is 19.1 Å². The highest BCUT2D eigenvalue weighted by molar-refractivity contribution is 6.39. The van der Waals surface area contributed by atoms with Crippen LogP contribution in [0.3, 0.4) is 0 Å². The molecule has 6 heteroatoms. The fourth-order valence-corrected chi connectivity index (χ4v) is 2.98. The van der Waals surface area contributed by atoms with E-state index in [1.165, 1.54) is 12.1 Å². The zero-order valence-electron chi connectivity index (χ0n) is 13.8. The highest BCUT2D eigenvalue weighted by Gasteiger charge is 2.35. The number of hydrogen-bond acceptors (Lipinski definition) is 3. The van der Waals surface area contributed by atoms with Crippen molar-refractivity contribution in [2.45, 2.75) is 25.4 Å². The molecule has 0 spiro atoms. The summed E-state index contributed by atoms with van der Waals surface area (Å²) in [7, 11) is 0. The highest BCUT2D eigenvalue weighted by Crippen LogP contribution is 2.29. The van der Waals surface area contributed by atoms with Gasteiger partial charge in [-0.05, 0) is 35.7 Å². The minimum Gasteiger partial charge on any atom is -0.387 e. The van der Waals surface area contributed by atoms with Crippen molar-refractivity contribution < 1.29 is 19.1 Å². The smallest absolute Gasteiger partial charge is 0.313 e. The predicted octanol–water partition coefficient (Wildman–Crippen LogP) is 1.72. The standard InChI is InChI=1S/C19H19FN2O3/c1-12-6-7-15(8-16(12)20)22-18(24)17(23)21-11-19(25)9-13-4-2-3-5-14(13)10-19/h2-8,25H,9-11H2,1H3,(H,21,23)(H,22,24). The average molecular weight is 342 g/mol. The van der Waals surface area contributed by atoms with Gasteiger partial charge in [-0.1, -0.05) is 30.3 Å². The molecule has 0 heterocycles. The van der Waals surface area contributed by atoms with Crippen LogP contribution >= 0.6 is 0 Å². The summed E-state index contributed by atoms with van der Waals surface area (Å²) < 4.78 is 13.5. The van der Waals surface area contributed by atoms with Crippen molar-refractivity contribution in [3.05, 3.63) is 65.0 Å². The van der Waals surface area contributed by atoms with Crippen LogP contribution < -0.4 is 10.6 Å². The minimum atomic E-state index is -1.10. The van der Waals surface area contributed by atoms with Crippen LogP contribution in [0.25, 0.3) is 0 Å². The van der Waals surface area contributed by atoms with Crippen molar-refractivity contribution in [3.8, 4) is 0 Å². The topological polar surface area (TPSA) is 78.4 Å².